The van der Waals surface area contributed by atoms with E-state index in [9.17, 15) is 4.79 Å². The van der Waals surface area contributed by atoms with Crippen LogP contribution in [0.2, 0.25) is 10.0 Å². The minimum Gasteiger partial charge on any atom is -0.436 e. The van der Waals surface area contributed by atoms with Crippen LogP contribution in [0.5, 0.6) is 0 Å². The topological polar surface area (TPSA) is 81.2 Å². The third-order valence-electron chi connectivity index (χ3n) is 3.25. The quantitative estimate of drug-likeness (QED) is 0.746. The predicted octanol–water partition coefficient (Wildman–Crippen LogP) is 4.09. The minimum atomic E-state index is -0.594. The van der Waals surface area contributed by atoms with Gasteiger partial charge in [-0.1, -0.05) is 29.3 Å². The maximum atomic E-state index is 11.6. The van der Waals surface area contributed by atoms with Gasteiger partial charge in [0.1, 0.15) is 5.52 Å². The van der Waals surface area contributed by atoms with Crippen LogP contribution in [0.4, 0.5) is 5.69 Å². The third kappa shape index (κ3) is 3.17. The fraction of sp³-hybridized carbons (Fsp3) is 0.125. The lowest BCUT2D eigenvalue weighted by Gasteiger charge is -2.06. The number of carbonyl (C=O) groups is 1. The molecule has 0 aliphatic rings. The molecule has 0 aliphatic heterocycles. The van der Waals surface area contributed by atoms with Crippen molar-refractivity contribution >= 4 is 45.9 Å². The zero-order valence-corrected chi connectivity index (χ0v) is 13.7. The highest BCUT2D eigenvalue weighted by molar-refractivity contribution is 6.43. The van der Waals surface area contributed by atoms with E-state index in [-0.39, 0.29) is 5.91 Å². The Morgan fingerprint density at radius 2 is 2.09 bits per heavy atom. The highest BCUT2D eigenvalue weighted by atomic mass is 35.5. The smallest absolute Gasteiger partial charge is 0.240 e. The summed E-state index contributed by atoms with van der Waals surface area (Å²) in [5.74, 6) is 0.0918. The molecule has 0 fully saturated rings. The van der Waals surface area contributed by atoms with Gasteiger partial charge in [0.25, 0.3) is 0 Å². The molecule has 2 aromatic carbocycles. The monoisotopic (exact) mass is 349 g/mol. The summed E-state index contributed by atoms with van der Waals surface area (Å²) in [6.45, 7) is 1.61. The van der Waals surface area contributed by atoms with Crippen LogP contribution in [-0.4, -0.2) is 16.9 Å². The largest absolute Gasteiger partial charge is 0.436 e. The summed E-state index contributed by atoms with van der Waals surface area (Å²) < 4.78 is 5.71. The maximum absolute atomic E-state index is 11.6. The van der Waals surface area contributed by atoms with Crippen LogP contribution < -0.4 is 11.1 Å². The molecule has 118 valence electrons. The highest BCUT2D eigenvalue weighted by Crippen LogP contribution is 2.34. The molecule has 0 aliphatic carbocycles. The van der Waals surface area contributed by atoms with Gasteiger partial charge < -0.3 is 15.5 Å². The first kappa shape index (κ1) is 15.8. The van der Waals surface area contributed by atoms with E-state index in [1.807, 2.05) is 0 Å². The highest BCUT2D eigenvalue weighted by Gasteiger charge is 2.14. The summed E-state index contributed by atoms with van der Waals surface area (Å²) in [5.41, 5.74) is 7.91. The van der Waals surface area contributed by atoms with E-state index < -0.39 is 6.04 Å². The Balaban J connectivity index is 1.99. The summed E-state index contributed by atoms with van der Waals surface area (Å²) in [4.78, 5) is 16.1. The number of fused-ring (bicyclic) bond motifs is 1. The number of nitrogens with one attached hydrogen (secondary N) is 1. The van der Waals surface area contributed by atoms with Gasteiger partial charge in [-0.25, -0.2) is 4.98 Å². The van der Waals surface area contributed by atoms with Crippen LogP contribution in [0, 0.1) is 0 Å². The molecule has 3 aromatic rings. The number of nitrogens with two attached hydrogens (primary N) is 1. The Morgan fingerprint density at radius 1 is 1.30 bits per heavy atom. The Kier molecular flexibility index (Phi) is 4.26. The minimum absolute atomic E-state index is 0.272. The second-order valence-corrected chi connectivity index (χ2v) is 5.87. The molecule has 5 nitrogen and oxygen atoms in total. The Hall–Kier alpha value is -2.08. The third-order valence-corrected chi connectivity index (χ3v) is 4.07. The van der Waals surface area contributed by atoms with Crippen LogP contribution in [0.1, 0.15) is 6.92 Å². The van der Waals surface area contributed by atoms with E-state index in [0.717, 1.165) is 0 Å². The van der Waals surface area contributed by atoms with Gasteiger partial charge in [-0.05, 0) is 37.3 Å². The number of hydrogen-bond acceptors (Lipinski definition) is 4. The first-order chi connectivity index (χ1) is 11.0. The van der Waals surface area contributed by atoms with Crippen LogP contribution in [0.3, 0.4) is 0 Å². The number of hydrogen-bond donors (Lipinski definition) is 2. The van der Waals surface area contributed by atoms with Gasteiger partial charge in [0.15, 0.2) is 5.58 Å². The van der Waals surface area contributed by atoms with Crippen LogP contribution in [0.25, 0.3) is 22.6 Å². The summed E-state index contributed by atoms with van der Waals surface area (Å²) in [7, 11) is 0. The van der Waals surface area contributed by atoms with Gasteiger partial charge >= 0.3 is 0 Å². The average molecular weight is 350 g/mol. The van der Waals surface area contributed by atoms with Crippen molar-refractivity contribution < 1.29 is 9.21 Å². The number of oxazole rings is 1. The molecule has 1 amide bonds. The molecule has 3 rings (SSSR count). The normalized spacial score (nSPS) is 12.3. The summed E-state index contributed by atoms with van der Waals surface area (Å²) >= 11 is 12.2. The molecule has 0 radical (unpaired) electrons. The fourth-order valence-electron chi connectivity index (χ4n) is 2.05. The van der Waals surface area contributed by atoms with Crippen LogP contribution in [-0.2, 0) is 4.79 Å². The molecule has 23 heavy (non-hydrogen) atoms. The van der Waals surface area contributed by atoms with E-state index in [1.165, 1.54) is 0 Å². The second kappa shape index (κ2) is 6.20. The van der Waals surface area contributed by atoms with Crippen molar-refractivity contribution in [3.8, 4) is 11.5 Å². The van der Waals surface area contributed by atoms with Gasteiger partial charge in [-0.2, -0.15) is 0 Å². The first-order valence-electron chi connectivity index (χ1n) is 6.87. The molecule has 0 saturated heterocycles. The Labute approximate surface area is 142 Å². The molecule has 3 N–H and O–H groups in total. The molecule has 1 aromatic heterocycles. The Bertz CT molecular complexity index is 890. The number of nitrogens with zero attached hydrogens (tertiary/aromatic N) is 1. The zero-order chi connectivity index (χ0) is 16.6. The standard InChI is InChI=1S/C16H13Cl2N3O2/c1-8(19)15(22)20-9-5-6-13-12(7-9)21-16(23-13)10-3-2-4-11(17)14(10)18/h2-8H,19H2,1H3,(H,20,22)/t8-/m0/s1. The van der Waals surface area contributed by atoms with Crippen molar-refractivity contribution in [2.45, 2.75) is 13.0 Å². The number of anilines is 1. The van der Waals surface area contributed by atoms with Gasteiger partial charge in [0.2, 0.25) is 11.8 Å². The van der Waals surface area contributed by atoms with E-state index in [4.69, 9.17) is 33.4 Å². The SMILES string of the molecule is C[C@H](N)C(=O)Nc1ccc2oc(-c3cccc(Cl)c3Cl)nc2c1. The number of benzene rings is 2. The van der Waals surface area contributed by atoms with Crippen molar-refractivity contribution in [2.24, 2.45) is 5.73 Å². The van der Waals surface area contributed by atoms with Crippen molar-refractivity contribution in [3.63, 3.8) is 0 Å². The van der Waals surface area contributed by atoms with Crippen LogP contribution in [0.15, 0.2) is 40.8 Å². The maximum Gasteiger partial charge on any atom is 0.240 e. The molecule has 1 heterocycles. The molecule has 0 unspecified atom stereocenters. The fourth-order valence-corrected chi connectivity index (χ4v) is 2.43. The van der Waals surface area contributed by atoms with Gasteiger partial charge in [-0.3, -0.25) is 4.79 Å². The van der Waals surface area contributed by atoms with Gasteiger partial charge in [0.05, 0.1) is 21.7 Å². The summed E-state index contributed by atoms with van der Waals surface area (Å²) in [5, 5.41) is 3.52. The number of halogens is 2. The first-order valence-corrected chi connectivity index (χ1v) is 7.62. The summed E-state index contributed by atoms with van der Waals surface area (Å²) in [6.07, 6.45) is 0. The van der Waals surface area contributed by atoms with Crippen molar-refractivity contribution in [3.05, 3.63) is 46.4 Å². The average Bonchev–Trinajstić information content (AvgIpc) is 2.92. The number of amides is 1. The Morgan fingerprint density at radius 3 is 2.83 bits per heavy atom. The van der Waals surface area contributed by atoms with Gasteiger partial charge in [0, 0.05) is 5.69 Å². The molecule has 0 saturated carbocycles. The van der Waals surface area contributed by atoms with E-state index >= 15 is 0 Å². The van der Waals surface area contributed by atoms with E-state index in [2.05, 4.69) is 10.3 Å². The van der Waals surface area contributed by atoms with Crippen molar-refractivity contribution in [1.29, 1.82) is 0 Å². The van der Waals surface area contributed by atoms with Crippen LogP contribution >= 0.6 is 23.2 Å². The molecular formula is C16H13Cl2N3O2. The lowest BCUT2D eigenvalue weighted by molar-refractivity contribution is -0.117. The molecule has 7 heteroatoms. The lowest BCUT2D eigenvalue weighted by atomic mass is 10.2. The molecule has 1 atom stereocenters. The second-order valence-electron chi connectivity index (χ2n) is 5.08. The number of carbonyl (C=O) groups excluding carboxylic acids is 1. The van der Waals surface area contributed by atoms with Gasteiger partial charge in [-0.15, -0.1) is 0 Å². The molecule has 0 bridgehead atoms. The summed E-state index contributed by atoms with van der Waals surface area (Å²) in [6, 6.07) is 9.80. The number of aromatic nitrogens is 1. The lowest BCUT2D eigenvalue weighted by Crippen LogP contribution is -2.32. The zero-order valence-electron chi connectivity index (χ0n) is 12.1. The van der Waals surface area contributed by atoms with Crippen molar-refractivity contribution in [2.75, 3.05) is 5.32 Å². The van der Waals surface area contributed by atoms with E-state index in [0.29, 0.717) is 38.3 Å². The van der Waals surface area contributed by atoms with E-state index in [1.54, 1.807) is 43.3 Å². The van der Waals surface area contributed by atoms with Crippen molar-refractivity contribution in [1.82, 2.24) is 4.98 Å². The molecule has 0 spiro atoms. The predicted molar refractivity (Wildman–Crippen MR) is 91.7 cm³/mol. The number of rotatable bonds is 3. The molecular weight excluding hydrogens is 337 g/mol.